The van der Waals surface area contributed by atoms with Gasteiger partial charge in [0, 0.05) is 24.8 Å². The first kappa shape index (κ1) is 25.1. The van der Waals surface area contributed by atoms with Gasteiger partial charge in [-0.15, -0.1) is 0 Å². The molecule has 0 aromatic heterocycles. The quantitative estimate of drug-likeness (QED) is 0.487. The Labute approximate surface area is 186 Å². The smallest absolute Gasteiger partial charge is 0.407 e. The summed E-state index contributed by atoms with van der Waals surface area (Å²) in [6.45, 7) is 4.74. The summed E-state index contributed by atoms with van der Waals surface area (Å²) in [5.74, 6) is -0.839. The molecule has 2 rings (SSSR count). The zero-order chi connectivity index (χ0) is 23.8. The third-order valence-corrected chi connectivity index (χ3v) is 5.14. The average molecular weight is 468 g/mol. The maximum absolute atomic E-state index is 13.1. The number of rotatable bonds is 9. The maximum atomic E-state index is 13.1. The van der Waals surface area contributed by atoms with Crippen molar-refractivity contribution in [3.63, 3.8) is 0 Å². The fourth-order valence-corrected chi connectivity index (χ4v) is 3.47. The number of anilines is 1. The van der Waals surface area contributed by atoms with Gasteiger partial charge in [-0.3, -0.25) is 4.79 Å². The van der Waals surface area contributed by atoms with Crippen LogP contribution in [0.3, 0.4) is 0 Å². The maximum Gasteiger partial charge on any atom is 0.407 e. The minimum absolute atomic E-state index is 0.0298. The van der Waals surface area contributed by atoms with E-state index >= 15 is 0 Å². The second-order valence-electron chi connectivity index (χ2n) is 7.65. The van der Waals surface area contributed by atoms with Crippen LogP contribution in [0, 0.1) is 5.82 Å². The van der Waals surface area contributed by atoms with Crippen molar-refractivity contribution >= 4 is 27.7 Å². The molecule has 0 atom stereocenters. The van der Waals surface area contributed by atoms with Gasteiger partial charge in [0.15, 0.2) is 6.61 Å². The van der Waals surface area contributed by atoms with Gasteiger partial charge in [-0.05, 0) is 51.1 Å². The van der Waals surface area contributed by atoms with E-state index in [1.165, 1.54) is 42.5 Å². The Bertz CT molecular complexity index is 1050. The molecule has 32 heavy (non-hydrogen) atoms. The van der Waals surface area contributed by atoms with E-state index in [4.69, 9.17) is 9.47 Å². The van der Waals surface area contributed by atoms with Gasteiger partial charge in [0.05, 0.1) is 4.90 Å². The monoisotopic (exact) mass is 467 g/mol. The summed E-state index contributed by atoms with van der Waals surface area (Å²) in [4.78, 5) is 23.6. The molecule has 9 nitrogen and oxygen atoms in total. The lowest BCUT2D eigenvalue weighted by molar-refractivity contribution is -0.118. The van der Waals surface area contributed by atoms with Crippen molar-refractivity contribution in [2.75, 3.05) is 25.0 Å². The van der Waals surface area contributed by atoms with E-state index in [9.17, 15) is 22.4 Å². The molecule has 0 saturated heterocycles. The zero-order valence-electron chi connectivity index (χ0n) is 18.0. The van der Waals surface area contributed by atoms with Crippen LogP contribution >= 0.6 is 0 Å². The number of halogens is 1. The first-order valence-electron chi connectivity index (χ1n) is 9.69. The Kier molecular flexibility index (Phi) is 8.56. The Morgan fingerprint density at radius 1 is 1.03 bits per heavy atom. The van der Waals surface area contributed by atoms with Crippen LogP contribution in [0.25, 0.3) is 0 Å². The van der Waals surface area contributed by atoms with Crippen molar-refractivity contribution in [3.8, 4) is 5.75 Å². The molecule has 0 radical (unpaired) electrons. The summed E-state index contributed by atoms with van der Waals surface area (Å²) < 4.78 is 50.7. The van der Waals surface area contributed by atoms with Crippen LogP contribution in [-0.2, 0) is 19.6 Å². The largest absolute Gasteiger partial charge is 0.484 e. The minimum Gasteiger partial charge on any atom is -0.484 e. The first-order chi connectivity index (χ1) is 14.9. The van der Waals surface area contributed by atoms with E-state index in [0.717, 1.165) is 6.07 Å². The molecule has 2 amide bonds. The molecule has 2 aromatic carbocycles. The van der Waals surface area contributed by atoms with Crippen LogP contribution in [0.5, 0.6) is 5.75 Å². The molecule has 174 valence electrons. The standard InChI is InChI=1S/C21H26FN3O6S/c1-21(2,3)31-20(27)23-10-11-24-32(28,29)18-9-5-7-16(13-18)25-19(26)14-30-17-8-4-6-15(22)12-17/h4-9,12-13,24H,10-11,14H2,1-3H3,(H,23,27)(H,25,26). The molecular formula is C21H26FN3O6S. The summed E-state index contributed by atoms with van der Waals surface area (Å²) in [6.07, 6.45) is -0.651. The number of benzene rings is 2. The van der Waals surface area contributed by atoms with Crippen LogP contribution in [0.15, 0.2) is 53.4 Å². The average Bonchev–Trinajstić information content (AvgIpc) is 2.69. The molecule has 0 fully saturated rings. The third-order valence-electron chi connectivity index (χ3n) is 3.68. The number of carbonyl (C=O) groups excluding carboxylic acids is 2. The van der Waals surface area contributed by atoms with Crippen molar-refractivity contribution in [1.29, 1.82) is 0 Å². The molecule has 3 N–H and O–H groups in total. The molecule has 0 heterocycles. The second-order valence-corrected chi connectivity index (χ2v) is 9.42. The molecule has 0 saturated carbocycles. The number of hydrogen-bond donors (Lipinski definition) is 3. The molecule has 0 aliphatic rings. The van der Waals surface area contributed by atoms with E-state index in [0.29, 0.717) is 0 Å². The van der Waals surface area contributed by atoms with E-state index in [1.54, 1.807) is 20.8 Å². The van der Waals surface area contributed by atoms with Crippen LogP contribution in [0.2, 0.25) is 0 Å². The van der Waals surface area contributed by atoms with Crippen molar-refractivity contribution in [1.82, 2.24) is 10.0 Å². The highest BCUT2D eigenvalue weighted by atomic mass is 32.2. The minimum atomic E-state index is -3.88. The van der Waals surface area contributed by atoms with E-state index in [1.807, 2.05) is 0 Å². The van der Waals surface area contributed by atoms with Crippen molar-refractivity contribution in [2.24, 2.45) is 0 Å². The second kappa shape index (κ2) is 10.9. The predicted octanol–water partition coefficient (Wildman–Crippen LogP) is 2.65. The highest BCUT2D eigenvalue weighted by Crippen LogP contribution is 2.16. The molecule has 0 aliphatic heterocycles. The van der Waals surface area contributed by atoms with Gasteiger partial charge in [-0.2, -0.15) is 0 Å². The van der Waals surface area contributed by atoms with Crippen LogP contribution < -0.4 is 20.1 Å². The molecule has 0 aliphatic carbocycles. The van der Waals surface area contributed by atoms with Crippen molar-refractivity contribution < 1.29 is 31.9 Å². The molecule has 0 spiro atoms. The molecule has 0 unspecified atom stereocenters. The number of sulfonamides is 1. The molecule has 0 bridgehead atoms. The lowest BCUT2D eigenvalue weighted by atomic mass is 10.2. The fraction of sp³-hybridized carbons (Fsp3) is 0.333. The Morgan fingerprint density at radius 3 is 2.44 bits per heavy atom. The SMILES string of the molecule is CC(C)(C)OC(=O)NCCNS(=O)(=O)c1cccc(NC(=O)COc2cccc(F)c2)c1. The van der Waals surface area contributed by atoms with Crippen LogP contribution in [0.1, 0.15) is 20.8 Å². The fourth-order valence-electron chi connectivity index (χ4n) is 2.39. The van der Waals surface area contributed by atoms with Crippen molar-refractivity contribution in [2.45, 2.75) is 31.3 Å². The molecular weight excluding hydrogens is 441 g/mol. The van der Waals surface area contributed by atoms with Crippen LogP contribution in [-0.4, -0.2) is 45.7 Å². The number of alkyl carbamates (subject to hydrolysis) is 1. The number of amides is 2. The Balaban J connectivity index is 1.86. The van der Waals surface area contributed by atoms with E-state index in [2.05, 4.69) is 15.4 Å². The van der Waals surface area contributed by atoms with Gasteiger partial charge in [0.25, 0.3) is 5.91 Å². The lowest BCUT2D eigenvalue weighted by Crippen LogP contribution is -2.37. The summed E-state index contributed by atoms with van der Waals surface area (Å²) >= 11 is 0. The van der Waals surface area contributed by atoms with Gasteiger partial charge in [0.2, 0.25) is 10.0 Å². The summed E-state index contributed by atoms with van der Waals surface area (Å²) in [7, 11) is -3.88. The lowest BCUT2D eigenvalue weighted by Gasteiger charge is -2.19. The number of ether oxygens (including phenoxy) is 2. The zero-order valence-corrected chi connectivity index (χ0v) is 18.8. The van der Waals surface area contributed by atoms with Crippen molar-refractivity contribution in [3.05, 3.63) is 54.3 Å². The Morgan fingerprint density at radius 2 is 1.75 bits per heavy atom. The van der Waals surface area contributed by atoms with Gasteiger partial charge in [-0.25, -0.2) is 22.3 Å². The van der Waals surface area contributed by atoms with Gasteiger partial charge in [0.1, 0.15) is 17.2 Å². The normalized spacial score (nSPS) is 11.5. The number of carbonyl (C=O) groups is 2. The number of nitrogens with one attached hydrogen (secondary N) is 3. The molecule has 2 aromatic rings. The summed E-state index contributed by atoms with van der Waals surface area (Å²) in [5.41, 5.74) is -0.413. The summed E-state index contributed by atoms with van der Waals surface area (Å²) in [6, 6.07) is 11.0. The molecule has 11 heteroatoms. The number of hydrogen-bond acceptors (Lipinski definition) is 6. The topological polar surface area (TPSA) is 123 Å². The van der Waals surface area contributed by atoms with Gasteiger partial charge >= 0.3 is 6.09 Å². The first-order valence-corrected chi connectivity index (χ1v) is 11.2. The van der Waals surface area contributed by atoms with Gasteiger partial charge in [-0.1, -0.05) is 12.1 Å². The van der Waals surface area contributed by atoms with Crippen LogP contribution in [0.4, 0.5) is 14.9 Å². The highest BCUT2D eigenvalue weighted by Gasteiger charge is 2.17. The van der Waals surface area contributed by atoms with E-state index < -0.39 is 33.4 Å². The van der Waals surface area contributed by atoms with Gasteiger partial charge < -0.3 is 20.1 Å². The predicted molar refractivity (Wildman–Crippen MR) is 116 cm³/mol. The highest BCUT2D eigenvalue weighted by molar-refractivity contribution is 7.89. The Hall–Kier alpha value is -3.18. The summed E-state index contributed by atoms with van der Waals surface area (Å²) in [5, 5.41) is 4.97. The van der Waals surface area contributed by atoms with E-state index in [-0.39, 0.29) is 36.0 Å². The third kappa shape index (κ3) is 8.90.